The van der Waals surface area contributed by atoms with E-state index in [0.29, 0.717) is 89.4 Å². The molecule has 11 atom stereocenters. The summed E-state index contributed by atoms with van der Waals surface area (Å²) >= 11 is 0. The molecular formula is C67H99N15O8. The number of carbonyl (C=O) groups is 7. The fourth-order valence-corrected chi connectivity index (χ4v) is 14.7. The Labute approximate surface area is 530 Å². The highest BCUT2D eigenvalue weighted by molar-refractivity contribution is 5.95. The molecule has 8 N–H and O–H groups in total. The van der Waals surface area contributed by atoms with Crippen LogP contribution in [0.4, 0.5) is 0 Å². The number of amides is 7. The SMILES string of the molecule is CC[C@H](NC)C(=O)N[C@@H]1C(=O)N2[C@@H](CC[C@@H]1CNC(=O)CCc1cn(CCCCC3CCC(CCCCn4cc([C@@H](NC(=O)[C@@H]5CC[C@@H]6CC[C@H](CO)[C@H](NC(=O)[C@H](CC)NC)C(=O)N65)c5ccccc5)nn4)CC3)nn1)CC[C@H]2C(=O)NCc1ccccc1. The van der Waals surface area contributed by atoms with Crippen molar-refractivity contribution in [1.82, 2.24) is 77.0 Å². The molecule has 2 aromatic heterocycles. The molecule has 1 aliphatic carbocycles. The molecule has 1 saturated carbocycles. The molecule has 490 valence electrons. The largest absolute Gasteiger partial charge is 0.396 e. The molecule has 6 heterocycles. The van der Waals surface area contributed by atoms with Crippen LogP contribution in [0.2, 0.25) is 0 Å². The van der Waals surface area contributed by atoms with Gasteiger partial charge in [0.1, 0.15) is 29.9 Å². The number of hydrogen-bond acceptors (Lipinski definition) is 14. The lowest BCUT2D eigenvalue weighted by molar-refractivity contribution is -0.144. The van der Waals surface area contributed by atoms with Crippen molar-refractivity contribution in [1.29, 1.82) is 0 Å². The summed E-state index contributed by atoms with van der Waals surface area (Å²) in [6.07, 6.45) is 22.0. The first-order valence-electron chi connectivity index (χ1n) is 33.7. The molecule has 0 spiro atoms. The van der Waals surface area contributed by atoms with Crippen LogP contribution in [-0.2, 0) is 59.6 Å². The fraction of sp³-hybridized carbons (Fsp3) is 0.657. The summed E-state index contributed by atoms with van der Waals surface area (Å²) in [6.45, 7) is 5.61. The van der Waals surface area contributed by atoms with Crippen molar-refractivity contribution in [3.8, 4) is 0 Å². The Balaban J connectivity index is 0.666. The van der Waals surface area contributed by atoms with Crippen molar-refractivity contribution in [2.45, 2.75) is 229 Å². The van der Waals surface area contributed by atoms with Crippen LogP contribution in [0, 0.1) is 23.7 Å². The minimum absolute atomic E-state index is 0.124. The molecule has 5 fully saturated rings. The summed E-state index contributed by atoms with van der Waals surface area (Å²) in [5.41, 5.74) is 3.19. The molecular weight excluding hydrogens is 1140 g/mol. The standard InChI is InChI=1S/C67H99N15O8/c1-5-53(68-3)62(85)73-60-48(27-30-51-32-34-56(81(51)66(60)89)64(87)71-39-46-19-9-7-10-20-46)40-70-58(84)36-29-50-41-79(77-75-50)37-15-13-17-44-23-25-45(26-24-44)18-14-16-38-80-42-55(76-78-80)59(47-21-11-8-12-22-47)72-65(88)57-35-33-52-31-28-49(43-83)61(67(90)82(52)57)74-63(86)54(6-2)69-4/h7-12,19-22,41-42,44-45,48-49,51-54,56-57,59-61,68-69,83H,5-6,13-18,23-40,43H2,1-4H3,(H,70,84)(H,71,87)(H,72,88)(H,73,85)(H,74,86)/t44?,45?,48-,49-,51+,52+,53+,54+,56+,57+,59+,60+,61+/m1/s1. The maximum atomic E-state index is 14.5. The molecule has 23 heteroatoms. The van der Waals surface area contributed by atoms with E-state index in [2.05, 4.69) is 57.8 Å². The number of aromatic nitrogens is 6. The molecule has 2 aromatic carbocycles. The normalized spacial score (nSPS) is 25.3. The third kappa shape index (κ3) is 17.5. The Morgan fingerprint density at radius 2 is 1.12 bits per heavy atom. The van der Waals surface area contributed by atoms with Gasteiger partial charge in [-0.25, -0.2) is 0 Å². The number of nitrogens with one attached hydrogen (secondary N) is 7. The van der Waals surface area contributed by atoms with Gasteiger partial charge in [-0.3, -0.25) is 42.9 Å². The molecule has 7 amide bonds. The zero-order valence-corrected chi connectivity index (χ0v) is 53.4. The van der Waals surface area contributed by atoms with Gasteiger partial charge in [-0.2, -0.15) is 0 Å². The monoisotopic (exact) mass is 1240 g/mol. The highest BCUT2D eigenvalue weighted by Crippen LogP contribution is 2.38. The number of aliphatic hydroxyl groups excluding tert-OH is 1. The number of nitrogens with zero attached hydrogens (tertiary/aromatic N) is 8. The first kappa shape index (κ1) is 67.3. The van der Waals surface area contributed by atoms with Gasteiger partial charge in [0.25, 0.3) is 0 Å². The number of benzene rings is 2. The topological polar surface area (TPSA) is 292 Å². The second-order valence-corrected chi connectivity index (χ2v) is 25.9. The second-order valence-electron chi connectivity index (χ2n) is 25.9. The van der Waals surface area contributed by atoms with Crippen LogP contribution in [0.25, 0.3) is 0 Å². The predicted molar refractivity (Wildman–Crippen MR) is 339 cm³/mol. The smallest absolute Gasteiger partial charge is 0.246 e. The number of aliphatic hydroxyl groups is 1. The zero-order valence-electron chi connectivity index (χ0n) is 53.4. The van der Waals surface area contributed by atoms with Gasteiger partial charge in [0.05, 0.1) is 30.0 Å². The molecule has 5 aliphatic rings. The van der Waals surface area contributed by atoms with Crippen molar-refractivity contribution in [2.75, 3.05) is 27.2 Å². The quantitative estimate of drug-likeness (QED) is 0.0315. The van der Waals surface area contributed by atoms with Crippen molar-refractivity contribution in [3.05, 3.63) is 95.6 Å². The van der Waals surface area contributed by atoms with E-state index >= 15 is 0 Å². The minimum Gasteiger partial charge on any atom is -0.396 e. The first-order chi connectivity index (χ1) is 43.8. The molecule has 4 aliphatic heterocycles. The Morgan fingerprint density at radius 3 is 1.69 bits per heavy atom. The van der Waals surface area contributed by atoms with E-state index in [1.54, 1.807) is 23.9 Å². The molecule has 0 unspecified atom stereocenters. The highest BCUT2D eigenvalue weighted by Gasteiger charge is 2.50. The summed E-state index contributed by atoms with van der Waals surface area (Å²) in [6, 6.07) is 14.3. The van der Waals surface area contributed by atoms with Crippen LogP contribution >= 0.6 is 0 Å². The van der Waals surface area contributed by atoms with Gasteiger partial charge >= 0.3 is 0 Å². The van der Waals surface area contributed by atoms with Crippen molar-refractivity contribution >= 4 is 41.4 Å². The molecule has 0 radical (unpaired) electrons. The Morgan fingerprint density at radius 1 is 0.600 bits per heavy atom. The van der Waals surface area contributed by atoms with Gasteiger partial charge < -0.3 is 52.1 Å². The van der Waals surface area contributed by atoms with Crippen LogP contribution in [0.1, 0.15) is 177 Å². The van der Waals surface area contributed by atoms with Gasteiger partial charge in [0.15, 0.2) is 0 Å². The lowest BCUT2D eigenvalue weighted by Gasteiger charge is -2.33. The van der Waals surface area contributed by atoms with Gasteiger partial charge in [-0.05, 0) is 114 Å². The average Bonchev–Trinajstić information content (AvgIpc) is 1.66. The number of rotatable bonds is 31. The molecule has 4 saturated heterocycles. The number of unbranched alkanes of at least 4 members (excludes halogenated alkanes) is 2. The maximum absolute atomic E-state index is 14.5. The van der Waals surface area contributed by atoms with E-state index in [0.717, 1.165) is 60.9 Å². The predicted octanol–water partition coefficient (Wildman–Crippen LogP) is 4.78. The Hall–Kier alpha value is -7.11. The van der Waals surface area contributed by atoms with Gasteiger partial charge in [-0.15, -0.1) is 10.2 Å². The first-order valence-corrected chi connectivity index (χ1v) is 33.7. The molecule has 90 heavy (non-hydrogen) atoms. The number of likely N-dealkylation sites (N-methyl/N-ethyl adjacent to an activating group) is 2. The van der Waals surface area contributed by atoms with Gasteiger partial charge in [-0.1, -0.05) is 136 Å². The van der Waals surface area contributed by atoms with Crippen molar-refractivity contribution in [3.63, 3.8) is 0 Å². The van der Waals surface area contributed by atoms with Crippen LogP contribution in [0.15, 0.2) is 73.1 Å². The maximum Gasteiger partial charge on any atom is 0.246 e. The van der Waals surface area contributed by atoms with Crippen LogP contribution in [0.5, 0.6) is 0 Å². The molecule has 23 nitrogen and oxygen atoms in total. The minimum atomic E-state index is -0.928. The third-order valence-corrected chi connectivity index (χ3v) is 20.1. The summed E-state index contributed by atoms with van der Waals surface area (Å²) in [5.74, 6) is -1.18. The fourth-order valence-electron chi connectivity index (χ4n) is 14.7. The van der Waals surface area contributed by atoms with E-state index in [9.17, 15) is 38.7 Å². The van der Waals surface area contributed by atoms with Crippen LogP contribution < -0.4 is 37.2 Å². The average molecular weight is 1240 g/mol. The van der Waals surface area contributed by atoms with Crippen LogP contribution in [0.3, 0.4) is 0 Å². The van der Waals surface area contributed by atoms with Gasteiger partial charge in [0, 0.05) is 75.7 Å². The Bertz CT molecular complexity index is 2960. The van der Waals surface area contributed by atoms with E-state index in [1.165, 1.54) is 38.5 Å². The number of aryl methyl sites for hydroxylation is 3. The van der Waals surface area contributed by atoms with Gasteiger partial charge in [0.2, 0.25) is 41.4 Å². The van der Waals surface area contributed by atoms with E-state index in [1.807, 2.05) is 96.3 Å². The number of fused-ring (bicyclic) bond motifs is 2. The number of hydrogen-bond donors (Lipinski definition) is 8. The summed E-state index contributed by atoms with van der Waals surface area (Å²) in [7, 11) is 3.42. The summed E-state index contributed by atoms with van der Waals surface area (Å²) in [4.78, 5) is 100. The van der Waals surface area contributed by atoms with E-state index in [4.69, 9.17) is 0 Å². The summed E-state index contributed by atoms with van der Waals surface area (Å²) in [5, 5.41) is 49.4. The number of carbonyl (C=O) groups excluding carboxylic acids is 7. The van der Waals surface area contributed by atoms with E-state index < -0.39 is 48.2 Å². The van der Waals surface area contributed by atoms with Crippen molar-refractivity contribution < 1.29 is 38.7 Å². The highest BCUT2D eigenvalue weighted by atomic mass is 16.3. The van der Waals surface area contributed by atoms with Crippen molar-refractivity contribution in [2.24, 2.45) is 23.7 Å². The molecule has 4 aromatic rings. The molecule has 0 bridgehead atoms. The van der Waals surface area contributed by atoms with E-state index in [-0.39, 0.29) is 78.9 Å². The third-order valence-electron chi connectivity index (χ3n) is 20.1. The lowest BCUT2D eigenvalue weighted by atomic mass is 9.78. The second kappa shape index (κ2) is 33.3. The zero-order chi connectivity index (χ0) is 63.5. The van der Waals surface area contributed by atoms with Crippen LogP contribution in [-0.4, -0.2) is 162 Å². The lowest BCUT2D eigenvalue weighted by Crippen LogP contribution is -2.59. The molecule has 9 rings (SSSR count). The summed E-state index contributed by atoms with van der Waals surface area (Å²) < 4.78 is 3.74. The Kier molecular flexibility index (Phi) is 24.9.